The summed E-state index contributed by atoms with van der Waals surface area (Å²) in [4.78, 5) is 28.0. The van der Waals surface area contributed by atoms with E-state index in [1.54, 1.807) is 12.0 Å². The third kappa shape index (κ3) is 4.17. The summed E-state index contributed by atoms with van der Waals surface area (Å²) in [6, 6.07) is 20.7. The molecule has 1 atom stereocenters. The summed E-state index contributed by atoms with van der Waals surface area (Å²) in [6.07, 6.45) is 0.166. The molecule has 0 radical (unpaired) electrons. The average Bonchev–Trinajstić information content (AvgIpc) is 3.12. The summed E-state index contributed by atoms with van der Waals surface area (Å²) >= 11 is 0. The Kier molecular flexibility index (Phi) is 5.76. The molecule has 4 rings (SSSR count). The van der Waals surface area contributed by atoms with Crippen molar-refractivity contribution in [1.29, 1.82) is 0 Å². The number of carbonyl (C=O) groups excluding carboxylic acids is 2. The third-order valence-corrected chi connectivity index (χ3v) is 5.98. The zero-order valence-corrected chi connectivity index (χ0v) is 18.0. The lowest BCUT2D eigenvalue weighted by Gasteiger charge is -2.28. The SMILES string of the molecule is COc1ccc([C@@H](CC(=O)Nc2cccc(C)c2C)N2Cc3ccccc3C2=O)cc1. The van der Waals surface area contributed by atoms with Crippen LogP contribution in [0.15, 0.2) is 66.7 Å². The Hall–Kier alpha value is -3.60. The monoisotopic (exact) mass is 414 g/mol. The highest BCUT2D eigenvalue weighted by atomic mass is 16.5. The Labute approximate surface area is 182 Å². The number of nitrogens with zero attached hydrogens (tertiary/aromatic N) is 1. The Bertz CT molecular complexity index is 1120. The summed E-state index contributed by atoms with van der Waals surface area (Å²) in [5.74, 6) is 0.563. The minimum atomic E-state index is -0.379. The molecule has 0 spiro atoms. The molecule has 1 aliphatic heterocycles. The van der Waals surface area contributed by atoms with Gasteiger partial charge in [-0.25, -0.2) is 0 Å². The number of anilines is 1. The predicted octanol–water partition coefficient (Wildman–Crippen LogP) is 5.04. The smallest absolute Gasteiger partial charge is 0.255 e. The molecule has 2 amide bonds. The number of fused-ring (bicyclic) bond motifs is 1. The fourth-order valence-electron chi connectivity index (χ4n) is 4.03. The van der Waals surface area contributed by atoms with Gasteiger partial charge >= 0.3 is 0 Å². The van der Waals surface area contributed by atoms with Crippen LogP contribution in [0.25, 0.3) is 0 Å². The number of methoxy groups -OCH3 is 1. The van der Waals surface area contributed by atoms with Crippen LogP contribution in [0.5, 0.6) is 5.75 Å². The predicted molar refractivity (Wildman–Crippen MR) is 121 cm³/mol. The molecule has 0 aliphatic carbocycles. The van der Waals surface area contributed by atoms with Crippen LogP contribution in [0.3, 0.4) is 0 Å². The van der Waals surface area contributed by atoms with Crippen molar-refractivity contribution >= 4 is 17.5 Å². The Balaban J connectivity index is 1.62. The maximum absolute atomic E-state index is 13.1. The largest absolute Gasteiger partial charge is 0.497 e. The molecule has 0 aromatic heterocycles. The lowest BCUT2D eigenvalue weighted by atomic mass is 10.0. The quantitative estimate of drug-likeness (QED) is 0.615. The van der Waals surface area contributed by atoms with Gasteiger partial charge in [-0.3, -0.25) is 9.59 Å². The minimum Gasteiger partial charge on any atom is -0.497 e. The van der Waals surface area contributed by atoms with E-state index in [-0.39, 0.29) is 24.3 Å². The van der Waals surface area contributed by atoms with Crippen LogP contribution in [-0.2, 0) is 11.3 Å². The van der Waals surface area contributed by atoms with Gasteiger partial charge in [-0.2, -0.15) is 0 Å². The summed E-state index contributed by atoms with van der Waals surface area (Å²) in [5.41, 5.74) is 5.56. The van der Waals surface area contributed by atoms with E-state index >= 15 is 0 Å². The van der Waals surface area contributed by atoms with E-state index in [2.05, 4.69) is 5.32 Å². The Morgan fingerprint density at radius 3 is 2.48 bits per heavy atom. The first-order chi connectivity index (χ1) is 15.0. The number of hydrogen-bond acceptors (Lipinski definition) is 3. The fourth-order valence-corrected chi connectivity index (χ4v) is 4.03. The van der Waals surface area contributed by atoms with Crippen molar-refractivity contribution in [2.75, 3.05) is 12.4 Å². The second-order valence-electron chi connectivity index (χ2n) is 7.88. The molecule has 0 bridgehead atoms. The second kappa shape index (κ2) is 8.64. The number of aryl methyl sites for hydroxylation is 1. The van der Waals surface area contributed by atoms with Gasteiger partial charge in [0.25, 0.3) is 5.91 Å². The van der Waals surface area contributed by atoms with E-state index in [0.717, 1.165) is 33.7 Å². The first-order valence-electron chi connectivity index (χ1n) is 10.4. The van der Waals surface area contributed by atoms with Crippen molar-refractivity contribution in [1.82, 2.24) is 4.90 Å². The molecule has 0 unspecified atom stereocenters. The van der Waals surface area contributed by atoms with Gasteiger partial charge in [0.1, 0.15) is 5.75 Å². The number of hydrogen-bond donors (Lipinski definition) is 1. The highest BCUT2D eigenvalue weighted by molar-refractivity contribution is 5.99. The molecule has 3 aromatic rings. The standard InChI is InChI=1S/C26H26N2O3/c1-17-7-6-10-23(18(17)2)27-25(29)15-24(19-11-13-21(31-3)14-12-19)28-16-20-8-4-5-9-22(20)26(28)30/h4-14,24H,15-16H2,1-3H3,(H,27,29)/t24-/m1/s1. The average molecular weight is 415 g/mol. The van der Waals surface area contributed by atoms with E-state index in [4.69, 9.17) is 4.74 Å². The normalized spacial score (nSPS) is 13.6. The minimum absolute atomic E-state index is 0.0454. The van der Waals surface area contributed by atoms with Crippen LogP contribution in [-0.4, -0.2) is 23.8 Å². The van der Waals surface area contributed by atoms with Gasteiger partial charge < -0.3 is 15.0 Å². The molecule has 31 heavy (non-hydrogen) atoms. The topological polar surface area (TPSA) is 58.6 Å². The lowest BCUT2D eigenvalue weighted by Crippen LogP contribution is -2.32. The number of amides is 2. The highest BCUT2D eigenvalue weighted by Crippen LogP contribution is 2.34. The first-order valence-corrected chi connectivity index (χ1v) is 10.4. The Morgan fingerprint density at radius 2 is 1.77 bits per heavy atom. The van der Waals surface area contributed by atoms with Crippen LogP contribution in [0.4, 0.5) is 5.69 Å². The van der Waals surface area contributed by atoms with Crippen molar-refractivity contribution in [2.24, 2.45) is 0 Å². The molecule has 1 heterocycles. The molecule has 0 saturated carbocycles. The molecule has 5 heteroatoms. The number of ether oxygens (including phenoxy) is 1. The van der Waals surface area contributed by atoms with E-state index in [1.165, 1.54) is 0 Å². The van der Waals surface area contributed by atoms with Gasteiger partial charge in [-0.15, -0.1) is 0 Å². The summed E-state index contributed by atoms with van der Waals surface area (Å²) < 4.78 is 5.27. The van der Waals surface area contributed by atoms with Crippen molar-refractivity contribution in [3.8, 4) is 5.75 Å². The van der Waals surface area contributed by atoms with E-state index < -0.39 is 0 Å². The number of carbonyl (C=O) groups is 2. The summed E-state index contributed by atoms with van der Waals surface area (Å²) in [5, 5.41) is 3.03. The zero-order chi connectivity index (χ0) is 22.0. The van der Waals surface area contributed by atoms with Crippen LogP contribution in [0.1, 0.15) is 45.1 Å². The Morgan fingerprint density at radius 1 is 1.03 bits per heavy atom. The van der Waals surface area contributed by atoms with Gasteiger partial charge in [0, 0.05) is 17.8 Å². The molecule has 5 nitrogen and oxygen atoms in total. The highest BCUT2D eigenvalue weighted by Gasteiger charge is 2.34. The van der Waals surface area contributed by atoms with Gasteiger partial charge in [0.05, 0.1) is 19.6 Å². The van der Waals surface area contributed by atoms with Crippen LogP contribution in [0, 0.1) is 13.8 Å². The van der Waals surface area contributed by atoms with Crippen LogP contribution >= 0.6 is 0 Å². The summed E-state index contributed by atoms with van der Waals surface area (Å²) in [7, 11) is 1.62. The third-order valence-electron chi connectivity index (χ3n) is 5.98. The van der Waals surface area contributed by atoms with E-state index in [0.29, 0.717) is 12.1 Å². The fraction of sp³-hybridized carbons (Fsp3) is 0.231. The van der Waals surface area contributed by atoms with E-state index in [9.17, 15) is 9.59 Å². The van der Waals surface area contributed by atoms with E-state index in [1.807, 2.05) is 80.6 Å². The van der Waals surface area contributed by atoms with Gasteiger partial charge in [0.2, 0.25) is 5.91 Å². The lowest BCUT2D eigenvalue weighted by molar-refractivity contribution is -0.117. The van der Waals surface area contributed by atoms with Crippen LogP contribution < -0.4 is 10.1 Å². The molecular formula is C26H26N2O3. The number of benzene rings is 3. The van der Waals surface area contributed by atoms with Crippen molar-refractivity contribution < 1.29 is 14.3 Å². The van der Waals surface area contributed by atoms with Crippen molar-refractivity contribution in [2.45, 2.75) is 32.9 Å². The molecular weight excluding hydrogens is 388 g/mol. The molecule has 0 fully saturated rings. The van der Waals surface area contributed by atoms with Crippen molar-refractivity contribution in [3.05, 3.63) is 94.5 Å². The second-order valence-corrected chi connectivity index (χ2v) is 7.88. The van der Waals surface area contributed by atoms with Gasteiger partial charge in [-0.05, 0) is 60.4 Å². The van der Waals surface area contributed by atoms with Crippen molar-refractivity contribution in [3.63, 3.8) is 0 Å². The van der Waals surface area contributed by atoms with Gasteiger partial charge in [-0.1, -0.05) is 42.5 Å². The number of rotatable bonds is 6. The zero-order valence-electron chi connectivity index (χ0n) is 18.0. The molecule has 158 valence electrons. The molecule has 0 saturated heterocycles. The first kappa shape index (κ1) is 20.7. The van der Waals surface area contributed by atoms with Crippen LogP contribution in [0.2, 0.25) is 0 Å². The van der Waals surface area contributed by atoms with Gasteiger partial charge in [0.15, 0.2) is 0 Å². The molecule has 3 aromatic carbocycles. The summed E-state index contributed by atoms with van der Waals surface area (Å²) in [6.45, 7) is 4.50. The maximum atomic E-state index is 13.1. The molecule has 1 aliphatic rings. The maximum Gasteiger partial charge on any atom is 0.255 e. The number of nitrogens with one attached hydrogen (secondary N) is 1. The molecule has 1 N–H and O–H groups in total.